The van der Waals surface area contributed by atoms with Crippen molar-refractivity contribution < 1.29 is 14.3 Å². The van der Waals surface area contributed by atoms with Crippen LogP contribution in [-0.4, -0.2) is 17.6 Å². The Morgan fingerprint density at radius 2 is 2.19 bits per heavy atom. The number of carbonyl (C=O) groups excluding carboxylic acids is 1. The first-order valence-corrected chi connectivity index (χ1v) is 5.28. The molecule has 0 saturated heterocycles. The Morgan fingerprint density at radius 1 is 1.50 bits per heavy atom. The first kappa shape index (κ1) is 12.5. The Morgan fingerprint density at radius 3 is 2.75 bits per heavy atom. The SMILES string of the molecule is CC(C)CCNC(=O)c1c(O)cccc1F. The third-order valence-electron chi connectivity index (χ3n) is 2.23. The second-order valence-corrected chi connectivity index (χ2v) is 4.07. The van der Waals surface area contributed by atoms with Crippen LogP contribution >= 0.6 is 0 Å². The number of aromatic hydroxyl groups is 1. The van der Waals surface area contributed by atoms with Gasteiger partial charge in [-0.05, 0) is 24.5 Å². The highest BCUT2D eigenvalue weighted by Crippen LogP contribution is 2.19. The number of rotatable bonds is 4. The topological polar surface area (TPSA) is 49.3 Å². The second kappa shape index (κ2) is 5.49. The van der Waals surface area contributed by atoms with Crippen molar-refractivity contribution >= 4 is 5.91 Å². The fourth-order valence-corrected chi connectivity index (χ4v) is 1.30. The van der Waals surface area contributed by atoms with Crippen molar-refractivity contribution in [3.8, 4) is 5.75 Å². The molecule has 0 unspecified atom stereocenters. The summed E-state index contributed by atoms with van der Waals surface area (Å²) in [5, 5.41) is 11.9. The molecule has 0 aliphatic rings. The van der Waals surface area contributed by atoms with Gasteiger partial charge in [-0.1, -0.05) is 19.9 Å². The fourth-order valence-electron chi connectivity index (χ4n) is 1.30. The van der Waals surface area contributed by atoms with Crippen molar-refractivity contribution in [1.29, 1.82) is 0 Å². The maximum atomic E-state index is 13.3. The maximum Gasteiger partial charge on any atom is 0.258 e. The van der Waals surface area contributed by atoms with E-state index < -0.39 is 11.7 Å². The summed E-state index contributed by atoms with van der Waals surface area (Å²) in [4.78, 5) is 11.6. The first-order chi connectivity index (χ1) is 7.52. The van der Waals surface area contributed by atoms with Crippen molar-refractivity contribution in [2.24, 2.45) is 5.92 Å². The molecular formula is C12H16FNO2. The normalized spacial score (nSPS) is 10.5. The Balaban J connectivity index is 2.66. The molecule has 4 heteroatoms. The van der Waals surface area contributed by atoms with Crippen molar-refractivity contribution in [3.63, 3.8) is 0 Å². The van der Waals surface area contributed by atoms with E-state index in [4.69, 9.17) is 0 Å². The summed E-state index contributed by atoms with van der Waals surface area (Å²) >= 11 is 0. The predicted octanol–water partition coefficient (Wildman–Crippen LogP) is 2.31. The van der Waals surface area contributed by atoms with E-state index in [1.54, 1.807) is 0 Å². The molecule has 0 spiro atoms. The van der Waals surface area contributed by atoms with E-state index in [0.29, 0.717) is 12.5 Å². The molecule has 0 heterocycles. The smallest absolute Gasteiger partial charge is 0.258 e. The monoisotopic (exact) mass is 225 g/mol. The van der Waals surface area contributed by atoms with Gasteiger partial charge in [0, 0.05) is 6.54 Å². The highest BCUT2D eigenvalue weighted by atomic mass is 19.1. The van der Waals surface area contributed by atoms with Gasteiger partial charge < -0.3 is 10.4 Å². The van der Waals surface area contributed by atoms with Crippen LogP contribution < -0.4 is 5.32 Å². The first-order valence-electron chi connectivity index (χ1n) is 5.28. The number of phenolic OH excluding ortho intramolecular Hbond substituents is 1. The Kier molecular flexibility index (Phi) is 4.28. The van der Waals surface area contributed by atoms with Gasteiger partial charge in [-0.3, -0.25) is 4.79 Å². The lowest BCUT2D eigenvalue weighted by molar-refractivity contribution is 0.0945. The van der Waals surface area contributed by atoms with E-state index >= 15 is 0 Å². The highest BCUT2D eigenvalue weighted by Gasteiger charge is 2.15. The van der Waals surface area contributed by atoms with E-state index in [2.05, 4.69) is 5.32 Å². The number of carbonyl (C=O) groups is 1. The van der Waals surface area contributed by atoms with Crippen LogP contribution in [0.3, 0.4) is 0 Å². The fraction of sp³-hybridized carbons (Fsp3) is 0.417. The van der Waals surface area contributed by atoms with Crippen LogP contribution in [0.15, 0.2) is 18.2 Å². The minimum Gasteiger partial charge on any atom is -0.507 e. The van der Waals surface area contributed by atoms with Gasteiger partial charge in [0.2, 0.25) is 0 Å². The Labute approximate surface area is 94.3 Å². The average molecular weight is 225 g/mol. The molecule has 1 aromatic carbocycles. The summed E-state index contributed by atoms with van der Waals surface area (Å²) in [6.07, 6.45) is 0.820. The Hall–Kier alpha value is -1.58. The van der Waals surface area contributed by atoms with Crippen molar-refractivity contribution in [3.05, 3.63) is 29.6 Å². The summed E-state index contributed by atoms with van der Waals surface area (Å²) in [6, 6.07) is 3.80. The number of phenols is 1. The highest BCUT2D eigenvalue weighted by molar-refractivity contribution is 5.97. The maximum absolute atomic E-state index is 13.3. The van der Waals surface area contributed by atoms with Gasteiger partial charge in [0.05, 0.1) is 0 Å². The zero-order chi connectivity index (χ0) is 12.1. The summed E-state index contributed by atoms with van der Waals surface area (Å²) < 4.78 is 13.3. The molecule has 0 radical (unpaired) electrons. The molecule has 0 aliphatic heterocycles. The number of nitrogens with one attached hydrogen (secondary N) is 1. The minimum atomic E-state index is -0.706. The lowest BCUT2D eigenvalue weighted by Crippen LogP contribution is -2.26. The van der Waals surface area contributed by atoms with E-state index in [1.807, 2.05) is 13.8 Å². The van der Waals surface area contributed by atoms with E-state index in [9.17, 15) is 14.3 Å². The van der Waals surface area contributed by atoms with Crippen molar-refractivity contribution in [1.82, 2.24) is 5.32 Å². The van der Waals surface area contributed by atoms with Gasteiger partial charge in [-0.15, -0.1) is 0 Å². The number of halogens is 1. The third-order valence-corrected chi connectivity index (χ3v) is 2.23. The molecule has 1 amide bonds. The van der Waals surface area contributed by atoms with Crippen LogP contribution in [0, 0.1) is 11.7 Å². The molecule has 88 valence electrons. The van der Waals surface area contributed by atoms with E-state index in [-0.39, 0.29) is 11.3 Å². The van der Waals surface area contributed by atoms with Gasteiger partial charge in [0.15, 0.2) is 0 Å². The van der Waals surface area contributed by atoms with Gasteiger partial charge in [-0.25, -0.2) is 4.39 Å². The van der Waals surface area contributed by atoms with E-state index in [0.717, 1.165) is 12.5 Å². The molecule has 2 N–H and O–H groups in total. The molecule has 0 aliphatic carbocycles. The third kappa shape index (κ3) is 3.22. The number of amides is 1. The van der Waals surface area contributed by atoms with Crippen molar-refractivity contribution in [2.75, 3.05) is 6.54 Å². The number of hydrogen-bond donors (Lipinski definition) is 2. The zero-order valence-corrected chi connectivity index (χ0v) is 9.46. The molecule has 1 aromatic rings. The van der Waals surface area contributed by atoms with Crippen molar-refractivity contribution in [2.45, 2.75) is 20.3 Å². The lowest BCUT2D eigenvalue weighted by Gasteiger charge is -2.08. The van der Waals surface area contributed by atoms with Crippen LogP contribution in [0.1, 0.15) is 30.6 Å². The summed E-state index contributed by atoms with van der Waals surface area (Å²) in [5.41, 5.74) is -0.286. The molecule has 0 bridgehead atoms. The van der Waals surface area contributed by atoms with Crippen LogP contribution in [0.5, 0.6) is 5.75 Å². The number of benzene rings is 1. The molecule has 0 fully saturated rings. The summed E-state index contributed by atoms with van der Waals surface area (Å²) in [6.45, 7) is 4.55. The number of hydrogen-bond acceptors (Lipinski definition) is 2. The Bertz CT molecular complexity index is 357. The van der Waals surface area contributed by atoms with Crippen LogP contribution in [0.4, 0.5) is 4.39 Å². The van der Waals surface area contributed by atoms with Gasteiger partial charge in [-0.2, -0.15) is 0 Å². The van der Waals surface area contributed by atoms with Gasteiger partial charge >= 0.3 is 0 Å². The largest absolute Gasteiger partial charge is 0.507 e. The molecule has 0 aromatic heterocycles. The van der Waals surface area contributed by atoms with Crippen LogP contribution in [0.25, 0.3) is 0 Å². The van der Waals surface area contributed by atoms with Gasteiger partial charge in [0.25, 0.3) is 5.91 Å². The minimum absolute atomic E-state index is 0.286. The lowest BCUT2D eigenvalue weighted by atomic mass is 10.1. The molecular weight excluding hydrogens is 209 g/mol. The predicted molar refractivity (Wildman–Crippen MR) is 59.9 cm³/mol. The molecule has 3 nitrogen and oxygen atoms in total. The average Bonchev–Trinajstić information content (AvgIpc) is 2.16. The summed E-state index contributed by atoms with van der Waals surface area (Å²) in [7, 11) is 0. The molecule has 0 atom stereocenters. The molecule has 0 saturated carbocycles. The summed E-state index contributed by atoms with van der Waals surface area (Å²) in [5.74, 6) is -1.14. The van der Waals surface area contributed by atoms with Gasteiger partial charge in [0.1, 0.15) is 17.1 Å². The molecule has 16 heavy (non-hydrogen) atoms. The second-order valence-electron chi connectivity index (χ2n) is 4.07. The van der Waals surface area contributed by atoms with Crippen LogP contribution in [-0.2, 0) is 0 Å². The zero-order valence-electron chi connectivity index (χ0n) is 9.46. The standard InChI is InChI=1S/C12H16FNO2/c1-8(2)6-7-14-12(16)11-9(13)4-3-5-10(11)15/h3-5,8,15H,6-7H2,1-2H3,(H,14,16). The quantitative estimate of drug-likeness (QED) is 0.826. The molecule has 1 rings (SSSR count). The van der Waals surface area contributed by atoms with Crippen LogP contribution in [0.2, 0.25) is 0 Å². The van der Waals surface area contributed by atoms with E-state index in [1.165, 1.54) is 12.1 Å².